The highest BCUT2D eigenvalue weighted by Gasteiger charge is 2.23. The molecule has 1 aromatic rings. The second kappa shape index (κ2) is 6.24. The summed E-state index contributed by atoms with van der Waals surface area (Å²) in [5, 5.41) is 0. The van der Waals surface area contributed by atoms with Gasteiger partial charge in [-0.2, -0.15) is 0 Å². The van der Waals surface area contributed by atoms with Gasteiger partial charge in [-0.1, -0.05) is 0 Å². The molecule has 1 aromatic heterocycles. The van der Waals surface area contributed by atoms with Crippen molar-refractivity contribution in [3.8, 4) is 0 Å². The first-order valence-electron chi connectivity index (χ1n) is 6.04. The smallest absolute Gasteiger partial charge is 0.319 e. The summed E-state index contributed by atoms with van der Waals surface area (Å²) in [6.07, 6.45) is 4.41. The summed E-state index contributed by atoms with van der Waals surface area (Å²) in [6, 6.07) is 0. The van der Waals surface area contributed by atoms with E-state index in [9.17, 15) is 9.59 Å². The van der Waals surface area contributed by atoms with Crippen molar-refractivity contribution in [1.29, 1.82) is 0 Å². The van der Waals surface area contributed by atoms with Crippen LogP contribution >= 0.6 is 0 Å². The number of esters is 1. The topological polar surface area (TPSA) is 75.6 Å². The number of nitrogens with zero attached hydrogens (tertiary/aromatic N) is 4. The molecule has 2 rings (SSSR count). The van der Waals surface area contributed by atoms with Crippen molar-refractivity contribution >= 4 is 11.9 Å². The van der Waals surface area contributed by atoms with E-state index in [4.69, 9.17) is 0 Å². The van der Waals surface area contributed by atoms with Crippen LogP contribution in [0.15, 0.2) is 18.7 Å². The molecule has 1 saturated heterocycles. The second-order valence-electron chi connectivity index (χ2n) is 4.27. The van der Waals surface area contributed by atoms with E-state index < -0.39 is 0 Å². The number of aromatic nitrogens is 2. The van der Waals surface area contributed by atoms with E-state index in [-0.39, 0.29) is 18.4 Å². The van der Waals surface area contributed by atoms with Gasteiger partial charge in [0.15, 0.2) is 0 Å². The van der Waals surface area contributed by atoms with Gasteiger partial charge in [0, 0.05) is 38.6 Å². The molecule has 0 aliphatic carbocycles. The van der Waals surface area contributed by atoms with Crippen molar-refractivity contribution < 1.29 is 14.3 Å². The minimum atomic E-state index is -0.253. The summed E-state index contributed by atoms with van der Waals surface area (Å²) < 4.78 is 4.62. The Kier molecular flexibility index (Phi) is 4.40. The van der Waals surface area contributed by atoms with Crippen LogP contribution in [-0.4, -0.2) is 71.5 Å². The summed E-state index contributed by atoms with van der Waals surface area (Å²) in [4.78, 5) is 34.7. The molecule has 0 unspecified atom stereocenters. The molecular weight excluding hydrogens is 248 g/mol. The molecule has 19 heavy (non-hydrogen) atoms. The number of amides is 1. The zero-order chi connectivity index (χ0) is 13.7. The minimum Gasteiger partial charge on any atom is -0.468 e. The predicted octanol–water partition coefficient (Wildman–Crippen LogP) is -0.593. The van der Waals surface area contributed by atoms with E-state index in [1.807, 2.05) is 4.90 Å². The van der Waals surface area contributed by atoms with Crippen LogP contribution in [-0.2, 0) is 9.53 Å². The van der Waals surface area contributed by atoms with Crippen LogP contribution < -0.4 is 0 Å². The fourth-order valence-electron chi connectivity index (χ4n) is 1.95. The van der Waals surface area contributed by atoms with Crippen molar-refractivity contribution in [1.82, 2.24) is 19.8 Å². The lowest BCUT2D eigenvalue weighted by Crippen LogP contribution is -2.50. The third-order valence-corrected chi connectivity index (χ3v) is 3.05. The second-order valence-corrected chi connectivity index (χ2v) is 4.27. The predicted molar refractivity (Wildman–Crippen MR) is 66.4 cm³/mol. The number of ether oxygens (including phenoxy) is 1. The Morgan fingerprint density at radius 2 is 1.84 bits per heavy atom. The molecule has 0 N–H and O–H groups in total. The molecule has 0 spiro atoms. The van der Waals surface area contributed by atoms with E-state index in [1.54, 1.807) is 4.90 Å². The van der Waals surface area contributed by atoms with Gasteiger partial charge < -0.3 is 9.64 Å². The maximum Gasteiger partial charge on any atom is 0.319 e. The van der Waals surface area contributed by atoms with Crippen LogP contribution in [0, 0.1) is 0 Å². The normalized spacial score (nSPS) is 16.2. The van der Waals surface area contributed by atoms with Gasteiger partial charge in [0.25, 0.3) is 5.91 Å². The van der Waals surface area contributed by atoms with Gasteiger partial charge in [0.05, 0.1) is 19.2 Å². The third-order valence-electron chi connectivity index (χ3n) is 3.05. The Bertz CT molecular complexity index is 444. The largest absolute Gasteiger partial charge is 0.468 e. The lowest BCUT2D eigenvalue weighted by molar-refractivity contribution is -0.142. The summed E-state index contributed by atoms with van der Waals surface area (Å²) in [6.45, 7) is 2.77. The zero-order valence-electron chi connectivity index (χ0n) is 10.8. The minimum absolute atomic E-state index is 0.0710. The molecule has 1 aliphatic rings. The van der Waals surface area contributed by atoms with E-state index in [2.05, 4.69) is 14.7 Å². The highest BCUT2D eigenvalue weighted by atomic mass is 16.5. The Morgan fingerprint density at radius 1 is 1.21 bits per heavy atom. The lowest BCUT2D eigenvalue weighted by atomic mass is 10.2. The van der Waals surface area contributed by atoms with Gasteiger partial charge in [-0.15, -0.1) is 0 Å². The van der Waals surface area contributed by atoms with Crippen molar-refractivity contribution in [2.75, 3.05) is 39.8 Å². The molecule has 0 radical (unpaired) electrons. The van der Waals surface area contributed by atoms with Gasteiger partial charge >= 0.3 is 5.97 Å². The van der Waals surface area contributed by atoms with Crippen LogP contribution in [0.3, 0.4) is 0 Å². The average molecular weight is 264 g/mol. The Balaban J connectivity index is 1.86. The highest BCUT2D eigenvalue weighted by molar-refractivity contribution is 5.93. The SMILES string of the molecule is COC(=O)CN1CCN(C(=O)c2cncnc2)CC1. The van der Waals surface area contributed by atoms with Crippen LogP contribution in [0.1, 0.15) is 10.4 Å². The molecular formula is C12H16N4O3. The van der Waals surface area contributed by atoms with Gasteiger partial charge in [0.1, 0.15) is 6.33 Å². The fourth-order valence-corrected chi connectivity index (χ4v) is 1.95. The Labute approximate surface area is 111 Å². The Morgan fingerprint density at radius 3 is 2.42 bits per heavy atom. The van der Waals surface area contributed by atoms with Gasteiger partial charge in [-0.05, 0) is 0 Å². The summed E-state index contributed by atoms with van der Waals surface area (Å²) in [5.41, 5.74) is 0.490. The maximum atomic E-state index is 12.1. The molecule has 0 atom stereocenters. The number of piperazine rings is 1. The zero-order valence-corrected chi connectivity index (χ0v) is 10.8. The van der Waals surface area contributed by atoms with Gasteiger partial charge in [0.2, 0.25) is 0 Å². The number of rotatable bonds is 3. The average Bonchev–Trinajstić information content (AvgIpc) is 2.48. The van der Waals surface area contributed by atoms with E-state index in [0.29, 0.717) is 31.7 Å². The van der Waals surface area contributed by atoms with E-state index >= 15 is 0 Å². The quantitative estimate of drug-likeness (QED) is 0.679. The first-order chi connectivity index (χ1) is 9.20. The molecule has 7 heteroatoms. The van der Waals surface area contributed by atoms with Crippen LogP contribution in [0.5, 0.6) is 0 Å². The van der Waals surface area contributed by atoms with Crippen LogP contribution in [0.25, 0.3) is 0 Å². The summed E-state index contributed by atoms with van der Waals surface area (Å²) in [7, 11) is 1.37. The highest BCUT2D eigenvalue weighted by Crippen LogP contribution is 2.07. The van der Waals surface area contributed by atoms with Crippen molar-refractivity contribution in [3.05, 3.63) is 24.3 Å². The third kappa shape index (κ3) is 3.47. The number of hydrogen-bond donors (Lipinski definition) is 0. The molecule has 7 nitrogen and oxygen atoms in total. The molecule has 0 saturated carbocycles. The number of hydrogen-bond acceptors (Lipinski definition) is 6. The Hall–Kier alpha value is -2.02. The molecule has 2 heterocycles. The van der Waals surface area contributed by atoms with Crippen molar-refractivity contribution in [3.63, 3.8) is 0 Å². The molecule has 1 amide bonds. The van der Waals surface area contributed by atoms with E-state index in [1.165, 1.54) is 25.8 Å². The first-order valence-corrected chi connectivity index (χ1v) is 6.04. The number of carbonyl (C=O) groups is 2. The number of methoxy groups -OCH3 is 1. The first kappa shape index (κ1) is 13.4. The maximum absolute atomic E-state index is 12.1. The van der Waals surface area contributed by atoms with Crippen LogP contribution in [0.4, 0.5) is 0 Å². The standard InChI is InChI=1S/C12H16N4O3/c1-19-11(17)8-15-2-4-16(5-3-15)12(18)10-6-13-9-14-7-10/h6-7,9H,2-5,8H2,1H3. The van der Waals surface area contributed by atoms with E-state index in [0.717, 1.165) is 0 Å². The molecule has 1 aliphatic heterocycles. The van der Waals surface area contributed by atoms with Crippen molar-refractivity contribution in [2.45, 2.75) is 0 Å². The summed E-state index contributed by atoms with van der Waals surface area (Å²) in [5.74, 6) is -0.324. The molecule has 102 valence electrons. The lowest BCUT2D eigenvalue weighted by Gasteiger charge is -2.33. The van der Waals surface area contributed by atoms with Gasteiger partial charge in [-0.25, -0.2) is 9.97 Å². The molecule has 1 fully saturated rings. The molecule has 0 aromatic carbocycles. The van der Waals surface area contributed by atoms with Crippen molar-refractivity contribution in [2.24, 2.45) is 0 Å². The fraction of sp³-hybridized carbons (Fsp3) is 0.500. The molecule has 0 bridgehead atoms. The number of carbonyl (C=O) groups excluding carboxylic acids is 2. The van der Waals surface area contributed by atoms with Gasteiger partial charge in [-0.3, -0.25) is 14.5 Å². The monoisotopic (exact) mass is 264 g/mol. The summed E-state index contributed by atoms with van der Waals surface area (Å²) >= 11 is 0. The van der Waals surface area contributed by atoms with Crippen LogP contribution in [0.2, 0.25) is 0 Å².